The molecule has 0 bridgehead atoms. The molecule has 21 heavy (non-hydrogen) atoms. The average Bonchev–Trinajstić information content (AvgIpc) is 2.53. The predicted molar refractivity (Wildman–Crippen MR) is 86.7 cm³/mol. The summed E-state index contributed by atoms with van der Waals surface area (Å²) in [7, 11) is 3.57. The van der Waals surface area contributed by atoms with Crippen LogP contribution in [-0.4, -0.2) is 19.1 Å². The van der Waals surface area contributed by atoms with Crippen LogP contribution in [0.25, 0.3) is 0 Å². The van der Waals surface area contributed by atoms with Crippen LogP contribution in [0.1, 0.15) is 24.2 Å². The van der Waals surface area contributed by atoms with Gasteiger partial charge in [-0.25, -0.2) is 0 Å². The van der Waals surface area contributed by atoms with Gasteiger partial charge in [0.05, 0.1) is 12.8 Å². The van der Waals surface area contributed by atoms with Gasteiger partial charge in [-0.1, -0.05) is 6.07 Å². The minimum absolute atomic E-state index is 0.198. The van der Waals surface area contributed by atoms with Crippen molar-refractivity contribution in [2.24, 2.45) is 0 Å². The number of methoxy groups -OCH3 is 1. The maximum atomic E-state index is 5.93. The number of aromatic nitrogens is 1. The number of nitrogens with one attached hydrogen (secondary N) is 1. The van der Waals surface area contributed by atoms with Gasteiger partial charge in [0.15, 0.2) is 0 Å². The van der Waals surface area contributed by atoms with E-state index in [4.69, 9.17) is 9.47 Å². The number of hydrogen-bond acceptors (Lipinski definition) is 4. The van der Waals surface area contributed by atoms with Crippen molar-refractivity contribution in [2.45, 2.75) is 19.6 Å². The molecule has 1 atom stereocenters. The predicted octanol–water partition coefficient (Wildman–Crippen LogP) is 3.71. The Balaban J connectivity index is 2.18. The molecule has 1 aromatic carbocycles. The summed E-state index contributed by atoms with van der Waals surface area (Å²) in [5.41, 5.74) is 1.97. The monoisotopic (exact) mass is 350 g/mol. The quantitative estimate of drug-likeness (QED) is 0.862. The second kappa shape index (κ2) is 7.43. The van der Waals surface area contributed by atoms with Crippen molar-refractivity contribution in [2.75, 3.05) is 14.2 Å². The van der Waals surface area contributed by atoms with Gasteiger partial charge >= 0.3 is 0 Å². The van der Waals surface area contributed by atoms with Crippen molar-refractivity contribution in [3.63, 3.8) is 0 Å². The van der Waals surface area contributed by atoms with E-state index in [1.807, 2.05) is 37.4 Å². The van der Waals surface area contributed by atoms with Gasteiger partial charge in [0.1, 0.15) is 18.1 Å². The van der Waals surface area contributed by atoms with E-state index in [2.05, 4.69) is 33.2 Å². The van der Waals surface area contributed by atoms with Gasteiger partial charge in [-0.15, -0.1) is 0 Å². The molecule has 1 aromatic heterocycles. The summed E-state index contributed by atoms with van der Waals surface area (Å²) in [5, 5.41) is 3.22. The van der Waals surface area contributed by atoms with E-state index in [-0.39, 0.29) is 6.04 Å². The standard InChI is InChI=1S/C16H19BrN2O2/c1-11(18-2)15-7-6-14(20-3)8-16(15)21-10-13-5-4-12(17)9-19-13/h4-9,11,18H,10H2,1-3H3. The molecule has 4 nitrogen and oxygen atoms in total. The third kappa shape index (κ3) is 4.19. The Hall–Kier alpha value is -1.59. The van der Waals surface area contributed by atoms with E-state index >= 15 is 0 Å². The van der Waals surface area contributed by atoms with Crippen molar-refractivity contribution in [3.8, 4) is 11.5 Å². The number of ether oxygens (including phenoxy) is 2. The SMILES string of the molecule is CNC(C)c1ccc(OC)cc1OCc1ccc(Br)cn1. The summed E-state index contributed by atoms with van der Waals surface area (Å²) in [6.45, 7) is 2.51. The van der Waals surface area contributed by atoms with Crippen molar-refractivity contribution >= 4 is 15.9 Å². The van der Waals surface area contributed by atoms with Gasteiger partial charge in [-0.2, -0.15) is 0 Å². The molecule has 0 saturated carbocycles. The first-order valence-electron chi connectivity index (χ1n) is 6.72. The molecular formula is C16H19BrN2O2. The van der Waals surface area contributed by atoms with Crippen molar-refractivity contribution in [1.82, 2.24) is 10.3 Å². The van der Waals surface area contributed by atoms with Crippen LogP contribution < -0.4 is 14.8 Å². The van der Waals surface area contributed by atoms with Crippen LogP contribution in [0.3, 0.4) is 0 Å². The maximum Gasteiger partial charge on any atom is 0.130 e. The third-order valence-electron chi connectivity index (χ3n) is 3.28. The fourth-order valence-corrected chi connectivity index (χ4v) is 2.16. The minimum atomic E-state index is 0.198. The highest BCUT2D eigenvalue weighted by Gasteiger charge is 2.12. The molecule has 0 fully saturated rings. The smallest absolute Gasteiger partial charge is 0.130 e. The molecule has 0 aliphatic rings. The number of rotatable bonds is 6. The van der Waals surface area contributed by atoms with E-state index in [9.17, 15) is 0 Å². The third-order valence-corrected chi connectivity index (χ3v) is 3.75. The highest BCUT2D eigenvalue weighted by atomic mass is 79.9. The summed E-state index contributed by atoms with van der Waals surface area (Å²) in [5.74, 6) is 1.58. The second-order valence-corrected chi connectivity index (χ2v) is 5.59. The van der Waals surface area contributed by atoms with Crippen LogP contribution in [0, 0.1) is 0 Å². The summed E-state index contributed by atoms with van der Waals surface area (Å²) in [6, 6.07) is 9.95. The van der Waals surface area contributed by atoms with Gasteiger partial charge in [-0.05, 0) is 48.1 Å². The normalized spacial score (nSPS) is 12.0. The molecule has 5 heteroatoms. The Morgan fingerprint density at radius 3 is 2.71 bits per heavy atom. The van der Waals surface area contributed by atoms with E-state index in [1.165, 1.54) is 0 Å². The zero-order valence-corrected chi connectivity index (χ0v) is 14.0. The molecule has 0 spiro atoms. The molecule has 0 radical (unpaired) electrons. The largest absolute Gasteiger partial charge is 0.497 e. The lowest BCUT2D eigenvalue weighted by atomic mass is 10.1. The van der Waals surface area contributed by atoms with E-state index in [0.717, 1.165) is 27.2 Å². The lowest BCUT2D eigenvalue weighted by molar-refractivity contribution is 0.293. The fourth-order valence-electron chi connectivity index (χ4n) is 1.92. The number of pyridine rings is 1. The van der Waals surface area contributed by atoms with Gasteiger partial charge < -0.3 is 14.8 Å². The van der Waals surface area contributed by atoms with Gasteiger partial charge in [0.25, 0.3) is 0 Å². The molecule has 1 N–H and O–H groups in total. The summed E-state index contributed by atoms with van der Waals surface area (Å²) >= 11 is 3.37. The molecule has 1 unspecified atom stereocenters. The van der Waals surface area contributed by atoms with Crippen LogP contribution >= 0.6 is 15.9 Å². The number of benzene rings is 1. The molecule has 0 saturated heterocycles. The summed E-state index contributed by atoms with van der Waals surface area (Å²) in [4.78, 5) is 4.31. The first-order valence-corrected chi connectivity index (χ1v) is 7.51. The molecule has 112 valence electrons. The Labute approximate surface area is 133 Å². The zero-order valence-electron chi connectivity index (χ0n) is 12.4. The van der Waals surface area contributed by atoms with Crippen LogP contribution in [-0.2, 0) is 6.61 Å². The first-order chi connectivity index (χ1) is 10.1. The molecule has 0 aliphatic carbocycles. The Kier molecular flexibility index (Phi) is 5.59. The second-order valence-electron chi connectivity index (χ2n) is 4.67. The van der Waals surface area contributed by atoms with E-state index in [0.29, 0.717) is 6.61 Å². The number of halogens is 1. The number of nitrogens with zero attached hydrogens (tertiary/aromatic N) is 1. The molecular weight excluding hydrogens is 332 g/mol. The van der Waals surface area contributed by atoms with Crippen LogP contribution in [0.2, 0.25) is 0 Å². The highest BCUT2D eigenvalue weighted by molar-refractivity contribution is 9.10. The highest BCUT2D eigenvalue weighted by Crippen LogP contribution is 2.30. The molecule has 0 aliphatic heterocycles. The lowest BCUT2D eigenvalue weighted by Gasteiger charge is -2.17. The van der Waals surface area contributed by atoms with Gasteiger partial charge in [-0.3, -0.25) is 4.98 Å². The van der Waals surface area contributed by atoms with Crippen LogP contribution in [0.15, 0.2) is 41.0 Å². The molecule has 2 aromatic rings. The van der Waals surface area contributed by atoms with E-state index in [1.54, 1.807) is 13.3 Å². The Bertz CT molecular complexity index is 587. The van der Waals surface area contributed by atoms with E-state index < -0.39 is 0 Å². The van der Waals surface area contributed by atoms with Crippen molar-refractivity contribution < 1.29 is 9.47 Å². The maximum absolute atomic E-state index is 5.93. The van der Waals surface area contributed by atoms with Crippen molar-refractivity contribution in [3.05, 3.63) is 52.3 Å². The van der Waals surface area contributed by atoms with Crippen LogP contribution in [0.4, 0.5) is 0 Å². The Morgan fingerprint density at radius 1 is 1.29 bits per heavy atom. The van der Waals surface area contributed by atoms with Crippen molar-refractivity contribution in [1.29, 1.82) is 0 Å². The molecule has 0 amide bonds. The molecule has 2 rings (SSSR count). The fraction of sp³-hybridized carbons (Fsp3) is 0.312. The van der Waals surface area contributed by atoms with Gasteiger partial charge in [0, 0.05) is 28.3 Å². The summed E-state index contributed by atoms with van der Waals surface area (Å²) < 4.78 is 12.2. The van der Waals surface area contributed by atoms with Crippen LogP contribution in [0.5, 0.6) is 11.5 Å². The zero-order chi connectivity index (χ0) is 15.2. The summed E-state index contributed by atoms with van der Waals surface area (Å²) in [6.07, 6.45) is 1.77. The Morgan fingerprint density at radius 2 is 2.10 bits per heavy atom. The lowest BCUT2D eigenvalue weighted by Crippen LogP contribution is -2.14. The first kappa shape index (κ1) is 15.8. The topological polar surface area (TPSA) is 43.4 Å². The number of hydrogen-bond donors (Lipinski definition) is 1. The minimum Gasteiger partial charge on any atom is -0.497 e. The molecule has 1 heterocycles. The van der Waals surface area contributed by atoms with Gasteiger partial charge in [0.2, 0.25) is 0 Å². The average molecular weight is 351 g/mol.